The molecule has 0 aromatic heterocycles. The molecule has 0 N–H and O–H groups in total. The van der Waals surface area contributed by atoms with Crippen molar-refractivity contribution < 1.29 is 0 Å². The third kappa shape index (κ3) is 5.24. The molecule has 0 saturated carbocycles. The molecule has 0 fully saturated rings. The van der Waals surface area contributed by atoms with Gasteiger partial charge in [-0.15, -0.1) is 11.6 Å². The molecule has 86 valence electrons. The number of rotatable bonds is 4. The Morgan fingerprint density at radius 1 is 1.19 bits per heavy atom. The minimum Gasteiger partial charge on any atom is -0.127 e. The van der Waals surface area contributed by atoms with Crippen LogP contribution in [0.1, 0.15) is 37.8 Å². The highest BCUT2D eigenvalue weighted by atomic mass is 35.5. The first-order chi connectivity index (χ1) is 7.72. The molecule has 0 nitrogen and oxygen atoms in total. The molecule has 0 radical (unpaired) electrons. The molecule has 0 aliphatic heterocycles. The molecule has 0 aliphatic carbocycles. The van der Waals surface area contributed by atoms with Crippen LogP contribution in [0, 0.1) is 17.8 Å². The van der Waals surface area contributed by atoms with E-state index in [4.69, 9.17) is 11.6 Å². The Morgan fingerprint density at radius 3 is 2.44 bits per heavy atom. The molecule has 16 heavy (non-hydrogen) atoms. The Labute approximate surface area is 104 Å². The van der Waals surface area contributed by atoms with Gasteiger partial charge in [-0.1, -0.05) is 37.8 Å². The van der Waals surface area contributed by atoms with Crippen LogP contribution in [0.5, 0.6) is 0 Å². The van der Waals surface area contributed by atoms with Crippen molar-refractivity contribution in [3.05, 3.63) is 35.4 Å². The van der Waals surface area contributed by atoms with Gasteiger partial charge in [0.25, 0.3) is 0 Å². The summed E-state index contributed by atoms with van der Waals surface area (Å²) in [5, 5.41) is 0. The summed E-state index contributed by atoms with van der Waals surface area (Å²) in [7, 11) is 0. The zero-order valence-corrected chi connectivity index (χ0v) is 10.8. The molecule has 1 heteroatoms. The van der Waals surface area contributed by atoms with Gasteiger partial charge in [0.1, 0.15) is 0 Å². The van der Waals surface area contributed by atoms with Gasteiger partial charge >= 0.3 is 0 Å². The van der Waals surface area contributed by atoms with Gasteiger partial charge in [-0.25, -0.2) is 0 Å². The molecular formula is C15H19Cl. The highest BCUT2D eigenvalue weighted by Crippen LogP contribution is 2.09. The summed E-state index contributed by atoms with van der Waals surface area (Å²) in [5.41, 5.74) is 2.49. The summed E-state index contributed by atoms with van der Waals surface area (Å²) in [6, 6.07) is 8.55. The summed E-state index contributed by atoms with van der Waals surface area (Å²) in [6.45, 7) is 4.47. The molecule has 0 atom stereocenters. The smallest absolute Gasteiger partial charge is 0.0245 e. The third-order valence-electron chi connectivity index (χ3n) is 2.27. The monoisotopic (exact) mass is 234 g/mol. The van der Waals surface area contributed by atoms with Crippen molar-refractivity contribution in [3.63, 3.8) is 0 Å². The van der Waals surface area contributed by atoms with Crippen LogP contribution in [-0.4, -0.2) is 5.88 Å². The van der Waals surface area contributed by atoms with Gasteiger partial charge in [-0.3, -0.25) is 0 Å². The maximum absolute atomic E-state index is 5.58. The first kappa shape index (κ1) is 13.1. The normalized spacial score (nSPS) is 10.0. The number of alkyl halides is 1. The fraction of sp³-hybridized carbons (Fsp3) is 0.467. The fourth-order valence-corrected chi connectivity index (χ4v) is 1.65. The second-order valence-corrected chi connectivity index (χ2v) is 4.77. The Morgan fingerprint density at radius 2 is 1.88 bits per heavy atom. The Bertz CT molecular complexity index is 351. The van der Waals surface area contributed by atoms with Gasteiger partial charge in [0.15, 0.2) is 0 Å². The second-order valence-electron chi connectivity index (χ2n) is 4.39. The predicted molar refractivity (Wildman–Crippen MR) is 71.8 cm³/mol. The first-order valence-electron chi connectivity index (χ1n) is 5.86. The summed E-state index contributed by atoms with van der Waals surface area (Å²) in [4.78, 5) is 0. The molecule has 0 saturated heterocycles. The quantitative estimate of drug-likeness (QED) is 0.415. The van der Waals surface area contributed by atoms with E-state index < -0.39 is 0 Å². The van der Waals surface area contributed by atoms with E-state index in [2.05, 4.69) is 50.0 Å². The average molecular weight is 235 g/mol. The lowest BCUT2D eigenvalue weighted by atomic mass is 10.0. The number of hydrogen-bond acceptors (Lipinski definition) is 0. The molecule has 0 spiro atoms. The molecule has 0 heterocycles. The summed E-state index contributed by atoms with van der Waals surface area (Å²) in [6.07, 6.45) is 3.00. The maximum Gasteiger partial charge on any atom is 0.0245 e. The highest BCUT2D eigenvalue weighted by Gasteiger charge is 1.96. The summed E-state index contributed by atoms with van der Waals surface area (Å²) < 4.78 is 0. The molecule has 1 aromatic carbocycles. The van der Waals surface area contributed by atoms with E-state index in [1.165, 1.54) is 5.56 Å². The predicted octanol–water partition coefficient (Wildman–Crippen LogP) is 4.26. The Balaban J connectivity index is 2.53. The number of unbranched alkanes of at least 4 members (excludes halogenated alkanes) is 1. The van der Waals surface area contributed by atoms with Crippen LogP contribution in [0.2, 0.25) is 0 Å². The molecule has 0 bridgehead atoms. The van der Waals surface area contributed by atoms with E-state index in [1.807, 2.05) is 0 Å². The van der Waals surface area contributed by atoms with Gasteiger partial charge in [-0.2, -0.15) is 0 Å². The lowest BCUT2D eigenvalue weighted by Gasteiger charge is -2.04. The van der Waals surface area contributed by atoms with Gasteiger partial charge in [0.2, 0.25) is 0 Å². The lowest BCUT2D eigenvalue weighted by molar-refractivity contribution is 0.647. The van der Waals surface area contributed by atoms with E-state index in [-0.39, 0.29) is 0 Å². The zero-order chi connectivity index (χ0) is 11.8. The molecule has 1 rings (SSSR count). The van der Waals surface area contributed by atoms with Crippen molar-refractivity contribution in [2.24, 2.45) is 5.92 Å². The van der Waals surface area contributed by atoms with E-state index >= 15 is 0 Å². The highest BCUT2D eigenvalue weighted by molar-refractivity contribution is 6.17. The lowest BCUT2D eigenvalue weighted by Crippen LogP contribution is -1.93. The van der Waals surface area contributed by atoms with Crippen molar-refractivity contribution in [2.45, 2.75) is 33.1 Å². The van der Waals surface area contributed by atoms with Crippen LogP contribution in [0.4, 0.5) is 0 Å². The van der Waals surface area contributed by atoms with Crippen molar-refractivity contribution in [1.29, 1.82) is 0 Å². The van der Waals surface area contributed by atoms with Crippen LogP contribution in [-0.2, 0) is 6.42 Å². The topological polar surface area (TPSA) is 0 Å². The fourth-order valence-electron chi connectivity index (χ4n) is 1.52. The Hall–Kier alpha value is -0.930. The van der Waals surface area contributed by atoms with Crippen LogP contribution < -0.4 is 0 Å². The minimum atomic E-state index is 0.696. The van der Waals surface area contributed by atoms with E-state index in [0.717, 1.165) is 24.8 Å². The molecule has 1 aromatic rings. The zero-order valence-electron chi connectivity index (χ0n) is 10.1. The average Bonchev–Trinajstić information content (AvgIpc) is 2.26. The molecule has 0 unspecified atom stereocenters. The maximum atomic E-state index is 5.58. The van der Waals surface area contributed by atoms with Gasteiger partial charge in [0.05, 0.1) is 0 Å². The number of benzene rings is 1. The Kier molecular flexibility index (Phi) is 6.04. The standard InChI is InChI=1S/C15H19Cl/c1-13(2)12-15-9-7-14(8-10-15)6-4-3-5-11-16/h7-10,13H,3,5,11-12H2,1-2H3. The van der Waals surface area contributed by atoms with Crippen molar-refractivity contribution in [3.8, 4) is 11.8 Å². The van der Waals surface area contributed by atoms with Gasteiger partial charge in [0, 0.05) is 17.9 Å². The van der Waals surface area contributed by atoms with Crippen LogP contribution in [0.3, 0.4) is 0 Å². The largest absolute Gasteiger partial charge is 0.127 e. The third-order valence-corrected chi connectivity index (χ3v) is 2.53. The number of halogens is 1. The van der Waals surface area contributed by atoms with Crippen molar-refractivity contribution >= 4 is 11.6 Å². The number of hydrogen-bond donors (Lipinski definition) is 0. The second kappa shape index (κ2) is 7.36. The van der Waals surface area contributed by atoms with Crippen LogP contribution in [0.15, 0.2) is 24.3 Å². The van der Waals surface area contributed by atoms with Crippen LogP contribution >= 0.6 is 11.6 Å². The summed E-state index contributed by atoms with van der Waals surface area (Å²) >= 11 is 5.58. The van der Waals surface area contributed by atoms with Crippen LogP contribution in [0.25, 0.3) is 0 Å². The SMILES string of the molecule is CC(C)Cc1ccc(C#CCCCCl)cc1. The van der Waals surface area contributed by atoms with Crippen molar-refractivity contribution in [2.75, 3.05) is 5.88 Å². The van der Waals surface area contributed by atoms with Crippen molar-refractivity contribution in [1.82, 2.24) is 0 Å². The first-order valence-corrected chi connectivity index (χ1v) is 6.39. The molecule has 0 aliphatic rings. The van der Waals surface area contributed by atoms with Gasteiger partial charge < -0.3 is 0 Å². The van der Waals surface area contributed by atoms with Gasteiger partial charge in [-0.05, 0) is 36.5 Å². The van der Waals surface area contributed by atoms with E-state index in [1.54, 1.807) is 0 Å². The summed E-state index contributed by atoms with van der Waals surface area (Å²) in [5.74, 6) is 7.69. The molecule has 0 amide bonds. The minimum absolute atomic E-state index is 0.696. The van der Waals surface area contributed by atoms with E-state index in [0.29, 0.717) is 11.8 Å². The molecular weight excluding hydrogens is 216 g/mol. The van der Waals surface area contributed by atoms with E-state index in [9.17, 15) is 0 Å².